The third-order valence-corrected chi connectivity index (χ3v) is 5.02. The second-order valence-corrected chi connectivity index (χ2v) is 7.14. The Bertz CT molecular complexity index is 828. The number of nitro benzene ring substituents is 1. The van der Waals surface area contributed by atoms with Gasteiger partial charge in [-0.1, -0.05) is 18.2 Å². The first-order valence-corrected chi connectivity index (χ1v) is 9.64. The molecule has 8 nitrogen and oxygen atoms in total. The molecule has 1 saturated carbocycles. The van der Waals surface area contributed by atoms with E-state index >= 15 is 0 Å². The molecule has 0 atom stereocenters. The lowest BCUT2D eigenvalue weighted by atomic mass is 10.2. The molecule has 2 aromatic rings. The predicted octanol–water partition coefficient (Wildman–Crippen LogP) is 2.42. The zero-order valence-electron chi connectivity index (χ0n) is 15.7. The Balaban J connectivity index is 1.40. The van der Waals surface area contributed by atoms with Crippen LogP contribution in [0.1, 0.15) is 18.4 Å². The van der Waals surface area contributed by atoms with E-state index in [1.165, 1.54) is 25.0 Å². The van der Waals surface area contributed by atoms with Gasteiger partial charge in [0.15, 0.2) is 5.96 Å². The molecule has 28 heavy (non-hydrogen) atoms. The number of nitrogens with zero attached hydrogens (tertiary/aromatic N) is 5. The predicted molar refractivity (Wildman–Crippen MR) is 108 cm³/mol. The van der Waals surface area contributed by atoms with Crippen LogP contribution in [0.4, 0.5) is 11.5 Å². The van der Waals surface area contributed by atoms with Gasteiger partial charge in [0.2, 0.25) is 0 Å². The molecule has 2 fully saturated rings. The summed E-state index contributed by atoms with van der Waals surface area (Å²) in [5.74, 6) is 1.95. The zero-order chi connectivity index (χ0) is 19.3. The molecule has 1 aromatic heterocycles. The maximum Gasteiger partial charge on any atom is 0.269 e. The molecular weight excluding hydrogens is 356 g/mol. The van der Waals surface area contributed by atoms with E-state index in [9.17, 15) is 10.1 Å². The van der Waals surface area contributed by atoms with Gasteiger partial charge in [0.25, 0.3) is 5.69 Å². The summed E-state index contributed by atoms with van der Waals surface area (Å²) in [5, 5.41) is 14.3. The lowest BCUT2D eigenvalue weighted by Crippen LogP contribution is -2.53. The third-order valence-electron chi connectivity index (χ3n) is 5.02. The Hall–Kier alpha value is -3.16. The fraction of sp³-hybridized carbons (Fsp3) is 0.400. The molecule has 1 aliphatic heterocycles. The number of anilines is 1. The van der Waals surface area contributed by atoms with Crippen molar-refractivity contribution >= 4 is 17.5 Å². The number of guanidine groups is 1. The van der Waals surface area contributed by atoms with Gasteiger partial charge >= 0.3 is 0 Å². The molecule has 8 heteroatoms. The molecule has 1 aliphatic carbocycles. The average molecular weight is 380 g/mol. The van der Waals surface area contributed by atoms with Crippen molar-refractivity contribution < 1.29 is 4.92 Å². The highest BCUT2D eigenvalue weighted by Gasteiger charge is 2.27. The largest absolute Gasteiger partial charge is 0.353 e. The van der Waals surface area contributed by atoms with Crippen molar-refractivity contribution in [2.45, 2.75) is 25.4 Å². The summed E-state index contributed by atoms with van der Waals surface area (Å²) in [4.78, 5) is 24.2. The molecule has 1 N–H and O–H groups in total. The number of nitro groups is 1. The van der Waals surface area contributed by atoms with Crippen LogP contribution in [0.3, 0.4) is 0 Å². The fourth-order valence-corrected chi connectivity index (χ4v) is 3.22. The Morgan fingerprint density at radius 3 is 2.50 bits per heavy atom. The summed E-state index contributed by atoms with van der Waals surface area (Å²) in [7, 11) is 0. The Labute approximate surface area is 164 Å². The van der Waals surface area contributed by atoms with E-state index in [0.717, 1.165) is 43.5 Å². The number of nitrogens with one attached hydrogen (secondary N) is 1. The topological polar surface area (TPSA) is 86.9 Å². The minimum absolute atomic E-state index is 0.106. The minimum atomic E-state index is -0.381. The number of hydrogen-bond donors (Lipinski definition) is 1. The first-order valence-electron chi connectivity index (χ1n) is 9.64. The van der Waals surface area contributed by atoms with E-state index in [1.54, 1.807) is 12.1 Å². The zero-order valence-corrected chi connectivity index (χ0v) is 15.7. The van der Waals surface area contributed by atoms with Crippen LogP contribution in [0.15, 0.2) is 53.7 Å². The van der Waals surface area contributed by atoms with Gasteiger partial charge in [0, 0.05) is 50.6 Å². The summed E-state index contributed by atoms with van der Waals surface area (Å²) < 4.78 is 0. The molecule has 2 heterocycles. The van der Waals surface area contributed by atoms with E-state index in [-0.39, 0.29) is 10.6 Å². The van der Waals surface area contributed by atoms with Crippen LogP contribution in [0.2, 0.25) is 0 Å². The first kappa shape index (κ1) is 18.2. The van der Waals surface area contributed by atoms with Crippen LogP contribution < -0.4 is 10.2 Å². The van der Waals surface area contributed by atoms with Crippen LogP contribution in [0, 0.1) is 10.1 Å². The SMILES string of the molecule is O=[N+]([O-])c1ccc(CN=C(NC2CC2)N2CCN(c3ccccn3)CC2)cc1. The standard InChI is InChI=1S/C20H24N6O2/c27-26(28)18-8-4-16(5-9-18)15-22-20(23-17-6-7-17)25-13-11-24(12-14-25)19-3-1-2-10-21-19/h1-5,8-10,17H,6-7,11-15H2,(H,22,23). The highest BCUT2D eigenvalue weighted by atomic mass is 16.6. The summed E-state index contributed by atoms with van der Waals surface area (Å²) in [5.41, 5.74) is 1.07. The number of hydrogen-bond acceptors (Lipinski definition) is 5. The van der Waals surface area contributed by atoms with Crippen molar-refractivity contribution in [3.63, 3.8) is 0 Å². The fourth-order valence-electron chi connectivity index (χ4n) is 3.22. The van der Waals surface area contributed by atoms with Crippen molar-refractivity contribution in [1.29, 1.82) is 0 Å². The van der Waals surface area contributed by atoms with Crippen LogP contribution in [0.5, 0.6) is 0 Å². The lowest BCUT2D eigenvalue weighted by Gasteiger charge is -2.37. The molecule has 1 aromatic carbocycles. The molecule has 4 rings (SSSR count). The Morgan fingerprint density at radius 1 is 1.14 bits per heavy atom. The smallest absolute Gasteiger partial charge is 0.269 e. The second kappa shape index (κ2) is 8.24. The number of rotatable bonds is 5. The molecule has 0 spiro atoms. The summed E-state index contributed by atoms with van der Waals surface area (Å²) in [6, 6.07) is 13.1. The van der Waals surface area contributed by atoms with Gasteiger partial charge in [0.05, 0.1) is 11.5 Å². The summed E-state index contributed by atoms with van der Waals surface area (Å²) in [6.07, 6.45) is 4.20. The monoisotopic (exact) mass is 380 g/mol. The number of benzene rings is 1. The second-order valence-electron chi connectivity index (χ2n) is 7.14. The normalized spacial score (nSPS) is 17.5. The van der Waals surface area contributed by atoms with Crippen molar-refractivity contribution in [2.24, 2.45) is 4.99 Å². The number of aromatic nitrogens is 1. The maximum absolute atomic E-state index is 10.8. The van der Waals surface area contributed by atoms with E-state index in [0.29, 0.717) is 12.6 Å². The molecular formula is C20H24N6O2. The lowest BCUT2D eigenvalue weighted by molar-refractivity contribution is -0.384. The molecule has 1 saturated heterocycles. The van der Waals surface area contributed by atoms with Gasteiger partial charge in [-0.15, -0.1) is 0 Å². The number of aliphatic imine (C=N–C) groups is 1. The molecule has 0 bridgehead atoms. The summed E-state index contributed by atoms with van der Waals surface area (Å²) >= 11 is 0. The highest BCUT2D eigenvalue weighted by molar-refractivity contribution is 5.81. The van der Waals surface area contributed by atoms with Gasteiger partial charge in [0.1, 0.15) is 5.82 Å². The van der Waals surface area contributed by atoms with Crippen molar-refractivity contribution in [1.82, 2.24) is 15.2 Å². The van der Waals surface area contributed by atoms with Crippen LogP contribution in [0.25, 0.3) is 0 Å². The third kappa shape index (κ3) is 4.57. The van der Waals surface area contributed by atoms with E-state index in [4.69, 9.17) is 4.99 Å². The average Bonchev–Trinajstić information content (AvgIpc) is 3.56. The molecule has 0 radical (unpaired) electrons. The van der Waals surface area contributed by atoms with Gasteiger partial charge in [-0.3, -0.25) is 10.1 Å². The number of pyridine rings is 1. The van der Waals surface area contributed by atoms with Crippen molar-refractivity contribution in [3.05, 3.63) is 64.3 Å². The van der Waals surface area contributed by atoms with Gasteiger partial charge < -0.3 is 15.1 Å². The van der Waals surface area contributed by atoms with Gasteiger partial charge in [-0.2, -0.15) is 0 Å². The van der Waals surface area contributed by atoms with E-state index in [1.807, 2.05) is 24.4 Å². The Kier molecular flexibility index (Phi) is 5.36. The molecule has 0 unspecified atom stereocenters. The van der Waals surface area contributed by atoms with E-state index in [2.05, 4.69) is 20.1 Å². The molecule has 2 aliphatic rings. The molecule has 146 valence electrons. The highest BCUT2D eigenvalue weighted by Crippen LogP contribution is 2.20. The number of non-ortho nitro benzene ring substituents is 1. The summed E-state index contributed by atoms with van der Waals surface area (Å²) in [6.45, 7) is 4.08. The first-order chi connectivity index (χ1) is 13.7. The van der Waals surface area contributed by atoms with Crippen LogP contribution >= 0.6 is 0 Å². The van der Waals surface area contributed by atoms with E-state index < -0.39 is 0 Å². The van der Waals surface area contributed by atoms with Crippen LogP contribution in [-0.2, 0) is 6.54 Å². The number of piperazine rings is 1. The van der Waals surface area contributed by atoms with Crippen molar-refractivity contribution in [2.75, 3.05) is 31.1 Å². The van der Waals surface area contributed by atoms with Gasteiger partial charge in [-0.05, 0) is 30.5 Å². The van der Waals surface area contributed by atoms with Crippen LogP contribution in [-0.4, -0.2) is 53.0 Å². The molecule has 0 amide bonds. The van der Waals surface area contributed by atoms with Crippen molar-refractivity contribution in [3.8, 4) is 0 Å². The maximum atomic E-state index is 10.8. The Morgan fingerprint density at radius 2 is 1.89 bits per heavy atom. The minimum Gasteiger partial charge on any atom is -0.353 e. The quantitative estimate of drug-likeness (QED) is 0.371. The van der Waals surface area contributed by atoms with Gasteiger partial charge in [-0.25, -0.2) is 9.98 Å².